The number of nitrogen functional groups attached to an aromatic ring is 1. The molecule has 21 heavy (non-hydrogen) atoms. The van der Waals surface area contributed by atoms with Gasteiger partial charge < -0.3 is 15.4 Å². The number of piperazine rings is 1. The molecule has 2 atom stereocenters. The third-order valence-electron chi connectivity index (χ3n) is 4.06. The summed E-state index contributed by atoms with van der Waals surface area (Å²) >= 11 is 0. The molecule has 0 aromatic heterocycles. The molecule has 2 N–H and O–H groups in total. The van der Waals surface area contributed by atoms with Crippen LogP contribution in [0.3, 0.4) is 0 Å². The zero-order valence-corrected chi connectivity index (χ0v) is 12.9. The number of amides is 1. The number of carbonyl (C=O) groups excluding carboxylic acids is 1. The minimum absolute atomic E-state index is 0.180. The number of anilines is 2. The maximum Gasteiger partial charge on any atom is 0.410 e. The number of piperidine rings is 1. The predicted molar refractivity (Wildman–Crippen MR) is 83.3 cm³/mol. The van der Waals surface area contributed by atoms with Gasteiger partial charge in [0, 0.05) is 24.5 Å². The summed E-state index contributed by atoms with van der Waals surface area (Å²) < 4.78 is 5.49. The van der Waals surface area contributed by atoms with Crippen LogP contribution in [-0.2, 0) is 4.74 Å². The molecule has 3 aliphatic heterocycles. The zero-order valence-electron chi connectivity index (χ0n) is 12.9. The molecule has 3 saturated heterocycles. The second kappa shape index (κ2) is 4.83. The van der Waals surface area contributed by atoms with Gasteiger partial charge in [-0.05, 0) is 51.5 Å². The Morgan fingerprint density at radius 2 is 1.76 bits per heavy atom. The van der Waals surface area contributed by atoms with E-state index in [4.69, 9.17) is 10.5 Å². The number of hydrogen-bond donors (Lipinski definition) is 1. The van der Waals surface area contributed by atoms with Crippen molar-refractivity contribution in [2.75, 3.05) is 23.7 Å². The van der Waals surface area contributed by atoms with Crippen LogP contribution in [0.4, 0.5) is 16.2 Å². The van der Waals surface area contributed by atoms with Gasteiger partial charge in [0.25, 0.3) is 0 Å². The first-order chi connectivity index (χ1) is 9.83. The minimum Gasteiger partial charge on any atom is -0.444 e. The molecular weight excluding hydrogens is 266 g/mol. The van der Waals surface area contributed by atoms with Crippen LogP contribution < -0.4 is 10.6 Å². The summed E-state index contributed by atoms with van der Waals surface area (Å²) in [5.74, 6) is 0. The zero-order chi connectivity index (χ0) is 15.2. The van der Waals surface area contributed by atoms with Gasteiger partial charge in [0.2, 0.25) is 0 Å². The number of benzene rings is 1. The molecular formula is C16H23N3O2. The SMILES string of the molecule is CC(C)(C)OC(=O)N1C2CC1CN(c1ccc(N)cc1)C2. The van der Waals surface area contributed by atoms with Gasteiger partial charge in [-0.2, -0.15) is 0 Å². The molecule has 0 radical (unpaired) electrons. The monoisotopic (exact) mass is 289 g/mol. The second-order valence-corrected chi connectivity index (χ2v) is 6.93. The van der Waals surface area contributed by atoms with Gasteiger partial charge in [-0.1, -0.05) is 0 Å². The molecule has 1 amide bonds. The molecule has 4 rings (SSSR count). The first kappa shape index (κ1) is 14.0. The van der Waals surface area contributed by atoms with Crippen molar-refractivity contribution >= 4 is 17.5 Å². The molecule has 0 saturated carbocycles. The molecule has 5 heteroatoms. The number of ether oxygens (including phenoxy) is 1. The van der Waals surface area contributed by atoms with E-state index in [1.807, 2.05) is 49.9 Å². The Kier molecular flexibility index (Phi) is 3.23. The maximum absolute atomic E-state index is 12.2. The highest BCUT2D eigenvalue weighted by molar-refractivity contribution is 5.71. The number of fused-ring (bicyclic) bond motifs is 2. The van der Waals surface area contributed by atoms with Crippen molar-refractivity contribution < 1.29 is 9.53 Å². The molecule has 0 aliphatic carbocycles. The Hall–Kier alpha value is -1.91. The molecule has 0 spiro atoms. The first-order valence-electron chi connectivity index (χ1n) is 7.45. The average molecular weight is 289 g/mol. The summed E-state index contributed by atoms with van der Waals surface area (Å²) in [6.07, 6.45) is 0.894. The van der Waals surface area contributed by atoms with Crippen LogP contribution in [0.1, 0.15) is 27.2 Å². The van der Waals surface area contributed by atoms with Crippen LogP contribution in [0, 0.1) is 0 Å². The number of carbonyl (C=O) groups is 1. The quantitative estimate of drug-likeness (QED) is 0.807. The van der Waals surface area contributed by atoms with Gasteiger partial charge in [0.05, 0.1) is 12.1 Å². The summed E-state index contributed by atoms with van der Waals surface area (Å²) in [5.41, 5.74) is 7.24. The molecule has 3 fully saturated rings. The summed E-state index contributed by atoms with van der Waals surface area (Å²) in [4.78, 5) is 16.4. The highest BCUT2D eigenvalue weighted by atomic mass is 16.6. The lowest BCUT2D eigenvalue weighted by atomic mass is 9.87. The van der Waals surface area contributed by atoms with E-state index in [1.54, 1.807) is 0 Å². The van der Waals surface area contributed by atoms with Crippen molar-refractivity contribution in [3.05, 3.63) is 24.3 Å². The van der Waals surface area contributed by atoms with Crippen molar-refractivity contribution in [3.63, 3.8) is 0 Å². The lowest BCUT2D eigenvalue weighted by Crippen LogP contribution is -2.70. The van der Waals surface area contributed by atoms with Crippen LogP contribution in [0.2, 0.25) is 0 Å². The fourth-order valence-electron chi connectivity index (χ4n) is 3.12. The smallest absolute Gasteiger partial charge is 0.410 e. The fraction of sp³-hybridized carbons (Fsp3) is 0.562. The molecule has 1 aromatic rings. The largest absolute Gasteiger partial charge is 0.444 e. The van der Waals surface area contributed by atoms with Crippen molar-refractivity contribution in [1.82, 2.24) is 4.90 Å². The van der Waals surface area contributed by atoms with Crippen LogP contribution in [0.25, 0.3) is 0 Å². The van der Waals surface area contributed by atoms with E-state index in [1.165, 1.54) is 5.69 Å². The maximum atomic E-state index is 12.2. The molecule has 3 heterocycles. The third kappa shape index (κ3) is 2.77. The molecule has 1 aromatic carbocycles. The van der Waals surface area contributed by atoms with Crippen LogP contribution in [0.15, 0.2) is 24.3 Å². The Balaban J connectivity index is 1.64. The topological polar surface area (TPSA) is 58.8 Å². The van der Waals surface area contributed by atoms with Gasteiger partial charge in [-0.15, -0.1) is 0 Å². The summed E-state index contributed by atoms with van der Waals surface area (Å²) in [7, 11) is 0. The van der Waals surface area contributed by atoms with E-state index in [-0.39, 0.29) is 18.2 Å². The lowest BCUT2D eigenvalue weighted by Gasteiger charge is -2.56. The number of rotatable bonds is 1. The van der Waals surface area contributed by atoms with Crippen LogP contribution in [0.5, 0.6) is 0 Å². The van der Waals surface area contributed by atoms with Crippen LogP contribution in [-0.4, -0.2) is 41.8 Å². The normalized spacial score (nSPS) is 24.5. The van der Waals surface area contributed by atoms with Gasteiger partial charge in [-0.3, -0.25) is 4.90 Å². The van der Waals surface area contributed by atoms with E-state index in [0.717, 1.165) is 25.2 Å². The molecule has 2 bridgehead atoms. The molecule has 5 nitrogen and oxygen atoms in total. The van der Waals surface area contributed by atoms with Gasteiger partial charge in [0.15, 0.2) is 0 Å². The Labute approximate surface area is 125 Å². The van der Waals surface area contributed by atoms with Gasteiger partial charge >= 0.3 is 6.09 Å². The predicted octanol–water partition coefficient (Wildman–Crippen LogP) is 2.47. The van der Waals surface area contributed by atoms with E-state index in [0.29, 0.717) is 0 Å². The van der Waals surface area contributed by atoms with Crippen molar-refractivity contribution in [2.24, 2.45) is 0 Å². The molecule has 2 unspecified atom stereocenters. The number of nitrogens with two attached hydrogens (primary N) is 1. The van der Waals surface area contributed by atoms with E-state index in [9.17, 15) is 4.79 Å². The highest BCUT2D eigenvalue weighted by Gasteiger charge is 2.48. The minimum atomic E-state index is -0.433. The average Bonchev–Trinajstić information content (AvgIpc) is 2.37. The molecule has 3 aliphatic rings. The number of hydrogen-bond acceptors (Lipinski definition) is 4. The third-order valence-corrected chi connectivity index (χ3v) is 4.06. The Bertz CT molecular complexity index is 523. The molecule has 114 valence electrons. The Morgan fingerprint density at radius 3 is 2.29 bits per heavy atom. The van der Waals surface area contributed by atoms with Crippen LogP contribution >= 0.6 is 0 Å². The fourth-order valence-corrected chi connectivity index (χ4v) is 3.12. The van der Waals surface area contributed by atoms with Crippen molar-refractivity contribution in [1.29, 1.82) is 0 Å². The van der Waals surface area contributed by atoms with E-state index >= 15 is 0 Å². The Morgan fingerprint density at radius 1 is 1.19 bits per heavy atom. The summed E-state index contributed by atoms with van der Waals surface area (Å²) in [5, 5.41) is 0. The van der Waals surface area contributed by atoms with E-state index < -0.39 is 5.60 Å². The standard InChI is InChI=1S/C16H23N3O2/c1-16(2,3)21-15(20)19-13-8-14(19)10-18(9-13)12-6-4-11(17)5-7-12/h4-7,13-14H,8-10,17H2,1-3H3. The first-order valence-corrected chi connectivity index (χ1v) is 7.45. The van der Waals surface area contributed by atoms with Crippen molar-refractivity contribution in [3.8, 4) is 0 Å². The van der Waals surface area contributed by atoms with E-state index in [2.05, 4.69) is 4.90 Å². The summed E-state index contributed by atoms with van der Waals surface area (Å²) in [6, 6.07) is 8.44. The van der Waals surface area contributed by atoms with Gasteiger partial charge in [0.1, 0.15) is 5.60 Å². The second-order valence-electron chi connectivity index (χ2n) is 6.93. The highest BCUT2D eigenvalue weighted by Crippen LogP contribution is 2.35. The van der Waals surface area contributed by atoms with Gasteiger partial charge in [-0.25, -0.2) is 4.79 Å². The number of nitrogens with zero attached hydrogens (tertiary/aromatic N) is 2. The lowest BCUT2D eigenvalue weighted by molar-refractivity contribution is -0.0379. The van der Waals surface area contributed by atoms with Crippen molar-refractivity contribution in [2.45, 2.75) is 44.9 Å². The summed E-state index contributed by atoms with van der Waals surface area (Å²) in [6.45, 7) is 7.43.